The van der Waals surface area contributed by atoms with Crippen LogP contribution in [0.4, 0.5) is 0 Å². The van der Waals surface area contributed by atoms with E-state index in [0.717, 1.165) is 25.0 Å². The fourth-order valence-electron chi connectivity index (χ4n) is 2.96. The molecule has 0 N–H and O–H groups in total. The van der Waals surface area contributed by atoms with Gasteiger partial charge in [-0.25, -0.2) is 0 Å². The molecule has 1 aliphatic heterocycles. The number of fused-ring (bicyclic) bond motifs is 3. The minimum Gasteiger partial charge on any atom is -0.343 e. The molecular weight excluding hydrogens is 214 g/mol. The van der Waals surface area contributed by atoms with E-state index in [1.54, 1.807) is 0 Å². The van der Waals surface area contributed by atoms with Crippen LogP contribution in [-0.4, -0.2) is 16.9 Å². The Morgan fingerprint density at radius 2 is 2.12 bits per heavy atom. The maximum atomic E-state index is 6.17. The first-order chi connectivity index (χ1) is 8.19. The van der Waals surface area contributed by atoms with E-state index in [1.807, 2.05) is 6.20 Å². The summed E-state index contributed by atoms with van der Waals surface area (Å²) in [6.45, 7) is 6.37. The van der Waals surface area contributed by atoms with E-state index >= 15 is 0 Å². The SMILES string of the molecule is CCC1(CC)O[C@H]2Cc3c(C)ccnc3[C@H]2O1. The van der Waals surface area contributed by atoms with Crippen LogP contribution < -0.4 is 0 Å². The molecular formula is C14H19NO2. The molecule has 1 fully saturated rings. The van der Waals surface area contributed by atoms with Gasteiger partial charge in [0.05, 0.1) is 11.8 Å². The van der Waals surface area contributed by atoms with Gasteiger partial charge < -0.3 is 9.47 Å². The quantitative estimate of drug-likeness (QED) is 0.787. The molecule has 17 heavy (non-hydrogen) atoms. The number of nitrogens with zero attached hydrogens (tertiary/aromatic N) is 1. The molecule has 92 valence electrons. The summed E-state index contributed by atoms with van der Waals surface area (Å²) in [5.74, 6) is -0.377. The van der Waals surface area contributed by atoms with E-state index in [1.165, 1.54) is 11.1 Å². The molecule has 0 spiro atoms. The number of hydrogen-bond donors (Lipinski definition) is 0. The standard InChI is InChI=1S/C14H19NO2/c1-4-14(5-2)16-11-8-10-9(3)6-7-15-12(10)13(11)17-14/h6-7,11,13H,4-5,8H2,1-3H3/t11-,13-/m0/s1. The molecule has 2 aliphatic rings. The summed E-state index contributed by atoms with van der Waals surface area (Å²) in [6.07, 6.45) is 4.83. The van der Waals surface area contributed by atoms with E-state index in [2.05, 4.69) is 31.8 Å². The second kappa shape index (κ2) is 3.79. The van der Waals surface area contributed by atoms with Gasteiger partial charge in [-0.05, 0) is 37.0 Å². The molecule has 0 saturated carbocycles. The summed E-state index contributed by atoms with van der Waals surface area (Å²) < 4.78 is 12.3. The number of rotatable bonds is 2. The molecule has 3 heteroatoms. The van der Waals surface area contributed by atoms with Crippen molar-refractivity contribution in [3.05, 3.63) is 29.1 Å². The Bertz CT molecular complexity index is 440. The Labute approximate surface area is 102 Å². The molecule has 2 atom stereocenters. The Balaban J connectivity index is 1.95. The molecule has 1 aliphatic carbocycles. The van der Waals surface area contributed by atoms with Crippen molar-refractivity contribution in [2.75, 3.05) is 0 Å². The second-order valence-corrected chi connectivity index (χ2v) is 5.01. The number of hydrogen-bond acceptors (Lipinski definition) is 3. The summed E-state index contributed by atoms with van der Waals surface area (Å²) in [6, 6.07) is 2.06. The van der Waals surface area contributed by atoms with Gasteiger partial charge in [0.1, 0.15) is 6.10 Å². The lowest BCUT2D eigenvalue weighted by atomic mass is 10.1. The molecule has 2 heterocycles. The van der Waals surface area contributed by atoms with Crippen molar-refractivity contribution in [1.82, 2.24) is 4.98 Å². The summed E-state index contributed by atoms with van der Waals surface area (Å²) in [7, 11) is 0. The lowest BCUT2D eigenvalue weighted by Gasteiger charge is -2.26. The maximum absolute atomic E-state index is 6.17. The van der Waals surface area contributed by atoms with Crippen LogP contribution in [-0.2, 0) is 15.9 Å². The van der Waals surface area contributed by atoms with Gasteiger partial charge in [-0.3, -0.25) is 4.98 Å². The fraction of sp³-hybridized carbons (Fsp3) is 0.643. The zero-order valence-corrected chi connectivity index (χ0v) is 10.7. The zero-order chi connectivity index (χ0) is 12.0. The van der Waals surface area contributed by atoms with Crippen LogP contribution in [0.2, 0.25) is 0 Å². The summed E-state index contributed by atoms with van der Waals surface area (Å²) in [4.78, 5) is 4.49. The van der Waals surface area contributed by atoms with Gasteiger partial charge >= 0.3 is 0 Å². The molecule has 3 nitrogen and oxygen atoms in total. The van der Waals surface area contributed by atoms with Gasteiger partial charge in [-0.15, -0.1) is 0 Å². The van der Waals surface area contributed by atoms with Crippen molar-refractivity contribution in [2.24, 2.45) is 0 Å². The van der Waals surface area contributed by atoms with Crippen LogP contribution in [0.15, 0.2) is 12.3 Å². The van der Waals surface area contributed by atoms with E-state index in [9.17, 15) is 0 Å². The molecule has 1 aromatic rings. The lowest BCUT2D eigenvalue weighted by Crippen LogP contribution is -2.29. The first-order valence-electron chi connectivity index (χ1n) is 6.49. The van der Waals surface area contributed by atoms with Crippen LogP contribution in [0.3, 0.4) is 0 Å². The lowest BCUT2D eigenvalue weighted by molar-refractivity contribution is -0.181. The molecule has 1 aromatic heterocycles. The van der Waals surface area contributed by atoms with Crippen molar-refractivity contribution in [2.45, 2.75) is 58.0 Å². The molecule has 1 saturated heterocycles. The molecule has 0 amide bonds. The van der Waals surface area contributed by atoms with Crippen LogP contribution in [0.5, 0.6) is 0 Å². The van der Waals surface area contributed by atoms with Crippen LogP contribution >= 0.6 is 0 Å². The van der Waals surface area contributed by atoms with Gasteiger partial charge in [0, 0.05) is 12.6 Å². The molecule has 0 radical (unpaired) electrons. The number of pyridine rings is 1. The monoisotopic (exact) mass is 233 g/mol. The fourth-order valence-corrected chi connectivity index (χ4v) is 2.96. The second-order valence-electron chi connectivity index (χ2n) is 5.01. The zero-order valence-electron chi connectivity index (χ0n) is 10.7. The Kier molecular flexibility index (Phi) is 2.49. The van der Waals surface area contributed by atoms with E-state index in [-0.39, 0.29) is 18.0 Å². The molecule has 0 unspecified atom stereocenters. The van der Waals surface area contributed by atoms with E-state index in [4.69, 9.17) is 9.47 Å². The third-order valence-corrected chi connectivity index (χ3v) is 4.12. The highest BCUT2D eigenvalue weighted by Crippen LogP contribution is 2.47. The summed E-state index contributed by atoms with van der Waals surface area (Å²) >= 11 is 0. The van der Waals surface area contributed by atoms with Crippen LogP contribution in [0.1, 0.15) is 49.6 Å². The number of ether oxygens (including phenoxy) is 2. The number of aromatic nitrogens is 1. The van der Waals surface area contributed by atoms with Crippen LogP contribution in [0.25, 0.3) is 0 Å². The largest absolute Gasteiger partial charge is 0.343 e. The Hall–Kier alpha value is -0.930. The van der Waals surface area contributed by atoms with Gasteiger partial charge in [-0.1, -0.05) is 13.8 Å². The minimum absolute atomic E-state index is 0.0461. The highest BCUT2D eigenvalue weighted by atomic mass is 16.8. The minimum atomic E-state index is -0.377. The van der Waals surface area contributed by atoms with Crippen molar-refractivity contribution >= 4 is 0 Å². The third-order valence-electron chi connectivity index (χ3n) is 4.12. The predicted octanol–water partition coefficient (Wildman–Crippen LogP) is 2.92. The van der Waals surface area contributed by atoms with E-state index in [0.29, 0.717) is 0 Å². The smallest absolute Gasteiger partial charge is 0.169 e. The summed E-state index contributed by atoms with van der Waals surface area (Å²) in [5, 5.41) is 0. The van der Waals surface area contributed by atoms with Gasteiger partial charge in [0.15, 0.2) is 5.79 Å². The number of aryl methyl sites for hydroxylation is 1. The van der Waals surface area contributed by atoms with Crippen molar-refractivity contribution in [3.8, 4) is 0 Å². The average Bonchev–Trinajstić information content (AvgIpc) is 2.85. The van der Waals surface area contributed by atoms with Gasteiger partial charge in [-0.2, -0.15) is 0 Å². The third kappa shape index (κ3) is 1.53. The predicted molar refractivity (Wildman–Crippen MR) is 64.7 cm³/mol. The van der Waals surface area contributed by atoms with E-state index < -0.39 is 0 Å². The highest BCUT2D eigenvalue weighted by molar-refractivity contribution is 5.36. The van der Waals surface area contributed by atoms with Crippen molar-refractivity contribution < 1.29 is 9.47 Å². The normalized spacial score (nSPS) is 29.1. The average molecular weight is 233 g/mol. The Morgan fingerprint density at radius 3 is 2.82 bits per heavy atom. The van der Waals surface area contributed by atoms with Crippen molar-refractivity contribution in [1.29, 1.82) is 0 Å². The van der Waals surface area contributed by atoms with Crippen LogP contribution in [0, 0.1) is 6.92 Å². The Morgan fingerprint density at radius 1 is 1.35 bits per heavy atom. The van der Waals surface area contributed by atoms with Crippen molar-refractivity contribution in [3.63, 3.8) is 0 Å². The van der Waals surface area contributed by atoms with Gasteiger partial charge in [0.2, 0.25) is 0 Å². The summed E-state index contributed by atoms with van der Waals surface area (Å²) in [5.41, 5.74) is 3.72. The first kappa shape index (κ1) is 11.2. The topological polar surface area (TPSA) is 31.4 Å². The maximum Gasteiger partial charge on any atom is 0.169 e. The molecule has 0 aromatic carbocycles. The molecule has 0 bridgehead atoms. The van der Waals surface area contributed by atoms with Gasteiger partial charge in [0.25, 0.3) is 0 Å². The first-order valence-corrected chi connectivity index (χ1v) is 6.49. The molecule has 3 rings (SSSR count). The highest BCUT2D eigenvalue weighted by Gasteiger charge is 2.50.